The van der Waals surface area contributed by atoms with Crippen molar-refractivity contribution in [1.29, 1.82) is 0 Å². The van der Waals surface area contributed by atoms with Gasteiger partial charge in [0.2, 0.25) is 0 Å². The molecule has 0 aliphatic heterocycles. The fraction of sp³-hybridized carbons (Fsp3) is 1.00. The molecule has 2 aliphatic rings. The van der Waals surface area contributed by atoms with Crippen LogP contribution in [0.25, 0.3) is 0 Å². The van der Waals surface area contributed by atoms with Gasteiger partial charge in [0, 0.05) is 19.1 Å². The molecule has 2 fully saturated rings. The van der Waals surface area contributed by atoms with Crippen molar-refractivity contribution in [2.75, 3.05) is 13.2 Å². The Balaban J connectivity index is 1.55. The standard InChI is InChI=1S/C8H14O2/c9-4-7-3-8(7)10-5-6-1-2-6/h6-9H,1-5H2. The van der Waals surface area contributed by atoms with Gasteiger partial charge in [-0.05, 0) is 25.2 Å². The number of hydrogen-bond acceptors (Lipinski definition) is 2. The minimum absolute atomic E-state index is 0.315. The zero-order valence-corrected chi connectivity index (χ0v) is 6.12. The van der Waals surface area contributed by atoms with E-state index >= 15 is 0 Å². The smallest absolute Gasteiger partial charge is 0.0630 e. The summed E-state index contributed by atoms with van der Waals surface area (Å²) in [6.45, 7) is 1.26. The van der Waals surface area contributed by atoms with E-state index in [0.717, 1.165) is 18.9 Å². The van der Waals surface area contributed by atoms with Crippen molar-refractivity contribution >= 4 is 0 Å². The normalized spacial score (nSPS) is 38.1. The molecule has 2 heteroatoms. The zero-order chi connectivity index (χ0) is 6.97. The number of ether oxygens (including phenoxy) is 1. The van der Waals surface area contributed by atoms with Crippen LogP contribution in [0.4, 0.5) is 0 Å². The van der Waals surface area contributed by atoms with E-state index < -0.39 is 0 Å². The zero-order valence-electron chi connectivity index (χ0n) is 6.12. The Hall–Kier alpha value is -0.0800. The predicted octanol–water partition coefficient (Wildman–Crippen LogP) is 0.794. The minimum Gasteiger partial charge on any atom is -0.396 e. The molecule has 0 saturated heterocycles. The molecule has 1 N–H and O–H groups in total. The Morgan fingerprint density at radius 3 is 2.70 bits per heavy atom. The lowest BCUT2D eigenvalue weighted by Gasteiger charge is -1.98. The highest BCUT2D eigenvalue weighted by Crippen LogP contribution is 2.36. The van der Waals surface area contributed by atoms with Crippen molar-refractivity contribution < 1.29 is 9.84 Å². The highest BCUT2D eigenvalue weighted by Gasteiger charge is 2.38. The molecule has 0 aromatic rings. The lowest BCUT2D eigenvalue weighted by atomic mass is 10.4. The summed E-state index contributed by atoms with van der Waals surface area (Å²) in [7, 11) is 0. The van der Waals surface area contributed by atoms with Crippen LogP contribution in [-0.2, 0) is 4.74 Å². The van der Waals surface area contributed by atoms with Crippen molar-refractivity contribution in [2.24, 2.45) is 11.8 Å². The first kappa shape index (κ1) is 6.62. The molecule has 2 unspecified atom stereocenters. The second-order valence-electron chi connectivity index (χ2n) is 3.49. The molecule has 0 radical (unpaired) electrons. The van der Waals surface area contributed by atoms with E-state index in [-0.39, 0.29) is 0 Å². The van der Waals surface area contributed by atoms with Crippen LogP contribution in [0.2, 0.25) is 0 Å². The summed E-state index contributed by atoms with van der Waals surface area (Å²) < 4.78 is 5.52. The summed E-state index contributed by atoms with van der Waals surface area (Å²) in [5.74, 6) is 1.33. The summed E-state index contributed by atoms with van der Waals surface area (Å²) in [5.41, 5.74) is 0. The Kier molecular flexibility index (Phi) is 1.66. The largest absolute Gasteiger partial charge is 0.396 e. The molecule has 2 saturated carbocycles. The van der Waals surface area contributed by atoms with Crippen molar-refractivity contribution in [2.45, 2.75) is 25.4 Å². The molecule has 2 aliphatic carbocycles. The number of hydrogen-bond donors (Lipinski definition) is 1. The van der Waals surface area contributed by atoms with Crippen molar-refractivity contribution in [1.82, 2.24) is 0 Å². The third-order valence-corrected chi connectivity index (χ3v) is 2.34. The van der Waals surface area contributed by atoms with Gasteiger partial charge in [-0.15, -0.1) is 0 Å². The molecule has 2 nitrogen and oxygen atoms in total. The first-order valence-electron chi connectivity index (χ1n) is 4.12. The average molecular weight is 142 g/mol. The molecule has 58 valence electrons. The van der Waals surface area contributed by atoms with E-state index in [9.17, 15) is 0 Å². The monoisotopic (exact) mass is 142 g/mol. The third kappa shape index (κ3) is 1.50. The van der Waals surface area contributed by atoms with E-state index in [2.05, 4.69) is 0 Å². The average Bonchev–Trinajstić information content (AvgIpc) is 2.82. The molecular weight excluding hydrogens is 128 g/mol. The lowest BCUT2D eigenvalue weighted by molar-refractivity contribution is 0.0905. The fourth-order valence-corrected chi connectivity index (χ4v) is 1.16. The number of aliphatic hydroxyl groups is 1. The summed E-state index contributed by atoms with van der Waals surface area (Å²) in [5, 5.41) is 8.68. The van der Waals surface area contributed by atoms with Crippen LogP contribution in [0.1, 0.15) is 19.3 Å². The predicted molar refractivity (Wildman–Crippen MR) is 37.7 cm³/mol. The molecule has 0 amide bonds. The van der Waals surface area contributed by atoms with E-state index in [0.29, 0.717) is 18.6 Å². The van der Waals surface area contributed by atoms with Crippen LogP contribution in [0.5, 0.6) is 0 Å². The van der Waals surface area contributed by atoms with Crippen LogP contribution in [0.15, 0.2) is 0 Å². The first-order valence-corrected chi connectivity index (χ1v) is 4.12. The van der Waals surface area contributed by atoms with Crippen LogP contribution in [0, 0.1) is 11.8 Å². The summed E-state index contributed by atoms with van der Waals surface area (Å²) in [6, 6.07) is 0. The lowest BCUT2D eigenvalue weighted by Crippen LogP contribution is -2.02. The van der Waals surface area contributed by atoms with Gasteiger partial charge in [0.1, 0.15) is 0 Å². The Bertz CT molecular complexity index is 120. The highest BCUT2D eigenvalue weighted by molar-refractivity contribution is 4.87. The van der Waals surface area contributed by atoms with Gasteiger partial charge in [0.05, 0.1) is 6.10 Å². The Morgan fingerprint density at radius 1 is 1.40 bits per heavy atom. The molecule has 2 rings (SSSR count). The molecule has 2 atom stereocenters. The third-order valence-electron chi connectivity index (χ3n) is 2.34. The maximum absolute atomic E-state index is 8.68. The summed E-state index contributed by atoms with van der Waals surface area (Å²) in [4.78, 5) is 0. The summed E-state index contributed by atoms with van der Waals surface area (Å²) >= 11 is 0. The first-order chi connectivity index (χ1) is 4.90. The molecule has 0 heterocycles. The van der Waals surface area contributed by atoms with Crippen LogP contribution in [-0.4, -0.2) is 24.4 Å². The van der Waals surface area contributed by atoms with E-state index in [4.69, 9.17) is 9.84 Å². The number of aliphatic hydroxyl groups excluding tert-OH is 1. The van der Waals surface area contributed by atoms with Crippen molar-refractivity contribution in [3.63, 3.8) is 0 Å². The summed E-state index contributed by atoms with van der Waals surface area (Å²) in [6.07, 6.45) is 4.21. The van der Waals surface area contributed by atoms with Gasteiger partial charge >= 0.3 is 0 Å². The molecule has 0 aromatic heterocycles. The van der Waals surface area contributed by atoms with Crippen LogP contribution < -0.4 is 0 Å². The molecule has 10 heavy (non-hydrogen) atoms. The van der Waals surface area contributed by atoms with E-state index in [1.165, 1.54) is 12.8 Å². The SMILES string of the molecule is OCC1CC1OCC1CC1. The van der Waals surface area contributed by atoms with Gasteiger partial charge < -0.3 is 9.84 Å². The topological polar surface area (TPSA) is 29.5 Å². The van der Waals surface area contributed by atoms with Gasteiger partial charge in [0.15, 0.2) is 0 Å². The van der Waals surface area contributed by atoms with Crippen LogP contribution in [0.3, 0.4) is 0 Å². The van der Waals surface area contributed by atoms with Gasteiger partial charge in [-0.2, -0.15) is 0 Å². The number of rotatable bonds is 4. The van der Waals surface area contributed by atoms with E-state index in [1.54, 1.807) is 0 Å². The quantitative estimate of drug-likeness (QED) is 0.629. The van der Waals surface area contributed by atoms with E-state index in [1.807, 2.05) is 0 Å². The second kappa shape index (κ2) is 2.51. The fourth-order valence-electron chi connectivity index (χ4n) is 1.16. The van der Waals surface area contributed by atoms with Gasteiger partial charge in [0.25, 0.3) is 0 Å². The van der Waals surface area contributed by atoms with Crippen molar-refractivity contribution in [3.05, 3.63) is 0 Å². The maximum atomic E-state index is 8.68. The van der Waals surface area contributed by atoms with Gasteiger partial charge in [-0.1, -0.05) is 0 Å². The van der Waals surface area contributed by atoms with Crippen molar-refractivity contribution in [3.8, 4) is 0 Å². The molecule has 0 aromatic carbocycles. The maximum Gasteiger partial charge on any atom is 0.0630 e. The molecule has 0 bridgehead atoms. The van der Waals surface area contributed by atoms with Crippen LogP contribution >= 0.6 is 0 Å². The molecule has 0 spiro atoms. The van der Waals surface area contributed by atoms with Gasteiger partial charge in [-0.25, -0.2) is 0 Å². The Labute approximate surface area is 61.2 Å². The highest BCUT2D eigenvalue weighted by atomic mass is 16.5. The minimum atomic E-state index is 0.315. The second-order valence-corrected chi connectivity index (χ2v) is 3.49. The Morgan fingerprint density at radius 2 is 2.20 bits per heavy atom. The molecular formula is C8H14O2. The van der Waals surface area contributed by atoms with Gasteiger partial charge in [-0.3, -0.25) is 0 Å².